The molecule has 6 nitrogen and oxygen atoms in total. The van der Waals surface area contributed by atoms with Gasteiger partial charge in [0.25, 0.3) is 5.56 Å². The lowest BCUT2D eigenvalue weighted by Gasteiger charge is -2.24. The van der Waals surface area contributed by atoms with Crippen molar-refractivity contribution >= 4 is 33.6 Å². The quantitative estimate of drug-likeness (QED) is 0.737. The Bertz CT molecular complexity index is 739. The van der Waals surface area contributed by atoms with Crippen molar-refractivity contribution in [3.63, 3.8) is 0 Å². The van der Waals surface area contributed by atoms with Crippen molar-refractivity contribution in [1.82, 2.24) is 9.97 Å². The number of amides is 1. The van der Waals surface area contributed by atoms with Crippen molar-refractivity contribution in [1.29, 1.82) is 0 Å². The van der Waals surface area contributed by atoms with Gasteiger partial charge in [0, 0.05) is 16.8 Å². The summed E-state index contributed by atoms with van der Waals surface area (Å²) in [5.41, 5.74) is 6.52. The highest BCUT2D eigenvalue weighted by Gasteiger charge is 2.30. The maximum Gasteiger partial charge on any atom is 0.258 e. The van der Waals surface area contributed by atoms with E-state index in [9.17, 15) is 9.59 Å². The third-order valence-electron chi connectivity index (χ3n) is 3.24. The molecule has 0 fully saturated rings. The number of rotatable bonds is 1. The number of nitrogens with one attached hydrogen (secondary N) is 2. The first-order valence-electron chi connectivity index (χ1n) is 5.99. The molecule has 3 rings (SSSR count). The molecular formula is C13H11BrN4O2. The number of hydrogen-bond donors (Lipinski definition) is 3. The van der Waals surface area contributed by atoms with Crippen LogP contribution in [0.5, 0.6) is 0 Å². The fourth-order valence-electron chi connectivity index (χ4n) is 2.37. The van der Waals surface area contributed by atoms with Gasteiger partial charge < -0.3 is 11.1 Å². The van der Waals surface area contributed by atoms with Crippen LogP contribution >= 0.6 is 15.9 Å². The van der Waals surface area contributed by atoms with Crippen LogP contribution < -0.4 is 16.6 Å². The van der Waals surface area contributed by atoms with E-state index in [0.29, 0.717) is 5.56 Å². The molecule has 1 amide bonds. The van der Waals surface area contributed by atoms with E-state index in [1.165, 1.54) is 0 Å². The zero-order valence-corrected chi connectivity index (χ0v) is 11.9. The molecule has 1 aromatic heterocycles. The predicted octanol–water partition coefficient (Wildman–Crippen LogP) is 1.59. The third kappa shape index (κ3) is 2.20. The molecule has 0 bridgehead atoms. The van der Waals surface area contributed by atoms with Gasteiger partial charge in [0.1, 0.15) is 5.82 Å². The molecule has 4 N–H and O–H groups in total. The number of benzene rings is 1. The molecule has 1 aliphatic rings. The van der Waals surface area contributed by atoms with Crippen molar-refractivity contribution in [2.24, 2.45) is 0 Å². The monoisotopic (exact) mass is 334 g/mol. The molecule has 0 saturated carbocycles. The maximum atomic E-state index is 12.1. The Morgan fingerprint density at radius 3 is 2.65 bits per heavy atom. The molecule has 1 aromatic carbocycles. The summed E-state index contributed by atoms with van der Waals surface area (Å²) in [7, 11) is 0. The average Bonchev–Trinajstić information content (AvgIpc) is 2.37. The summed E-state index contributed by atoms with van der Waals surface area (Å²) < 4.78 is 0.936. The number of nitrogens with zero attached hydrogens (tertiary/aromatic N) is 1. The van der Waals surface area contributed by atoms with Gasteiger partial charge in [0.05, 0.1) is 5.56 Å². The summed E-state index contributed by atoms with van der Waals surface area (Å²) in [5.74, 6) is -0.257. The van der Waals surface area contributed by atoms with E-state index < -0.39 is 0 Å². The van der Waals surface area contributed by atoms with Gasteiger partial charge in [-0.05, 0) is 17.7 Å². The first kappa shape index (κ1) is 12.9. The Balaban J connectivity index is 2.17. The second-order valence-corrected chi connectivity index (χ2v) is 5.49. The molecule has 1 aliphatic heterocycles. The van der Waals surface area contributed by atoms with E-state index in [1.807, 2.05) is 24.3 Å². The van der Waals surface area contributed by atoms with Gasteiger partial charge in [-0.25, -0.2) is 0 Å². The number of aromatic nitrogens is 2. The summed E-state index contributed by atoms with van der Waals surface area (Å²) >= 11 is 3.36. The summed E-state index contributed by atoms with van der Waals surface area (Å²) in [6, 6.07) is 7.51. The summed E-state index contributed by atoms with van der Waals surface area (Å²) in [4.78, 5) is 30.4. The summed E-state index contributed by atoms with van der Waals surface area (Å²) in [6.45, 7) is 0. The van der Waals surface area contributed by atoms with Crippen molar-refractivity contribution < 1.29 is 4.79 Å². The summed E-state index contributed by atoms with van der Waals surface area (Å²) in [5, 5.41) is 2.59. The van der Waals surface area contributed by atoms with Crippen LogP contribution in [0, 0.1) is 0 Å². The molecule has 2 aromatic rings. The van der Waals surface area contributed by atoms with Gasteiger partial charge in [-0.3, -0.25) is 14.6 Å². The second-order valence-electron chi connectivity index (χ2n) is 4.57. The normalized spacial score (nSPS) is 17.4. The van der Waals surface area contributed by atoms with Crippen molar-refractivity contribution in [3.8, 4) is 0 Å². The van der Waals surface area contributed by atoms with E-state index in [2.05, 4.69) is 31.2 Å². The number of H-pyrrole nitrogens is 1. The van der Waals surface area contributed by atoms with Crippen LogP contribution in [0.3, 0.4) is 0 Å². The van der Waals surface area contributed by atoms with Crippen LogP contribution in [0.2, 0.25) is 0 Å². The van der Waals surface area contributed by atoms with E-state index in [0.717, 1.165) is 10.0 Å². The molecule has 0 aliphatic carbocycles. The number of nitrogens with two attached hydrogens (primary N) is 1. The number of carbonyl (C=O) groups is 1. The topological polar surface area (TPSA) is 101 Å². The molecule has 2 heterocycles. The van der Waals surface area contributed by atoms with Gasteiger partial charge in [0.2, 0.25) is 11.9 Å². The van der Waals surface area contributed by atoms with Gasteiger partial charge in [-0.15, -0.1) is 0 Å². The largest absolute Gasteiger partial charge is 0.369 e. The minimum atomic E-state index is -0.319. The molecule has 1 atom stereocenters. The Morgan fingerprint density at radius 1 is 1.25 bits per heavy atom. The molecule has 0 unspecified atom stereocenters. The number of anilines is 2. The minimum absolute atomic E-state index is 0.00879. The van der Waals surface area contributed by atoms with E-state index in [4.69, 9.17) is 5.73 Å². The number of fused-ring (bicyclic) bond motifs is 1. The Labute approximate surface area is 122 Å². The fourth-order valence-corrected chi connectivity index (χ4v) is 2.63. The Hall–Kier alpha value is -2.15. The lowest BCUT2D eigenvalue weighted by atomic mass is 9.87. The average molecular weight is 335 g/mol. The van der Waals surface area contributed by atoms with Crippen LogP contribution in [0.25, 0.3) is 0 Å². The van der Waals surface area contributed by atoms with E-state index in [1.54, 1.807) is 0 Å². The zero-order chi connectivity index (χ0) is 14.3. The van der Waals surface area contributed by atoms with Gasteiger partial charge in [-0.1, -0.05) is 28.1 Å². The third-order valence-corrected chi connectivity index (χ3v) is 3.77. The zero-order valence-electron chi connectivity index (χ0n) is 10.3. The standard InChI is InChI=1S/C13H11BrN4O2/c14-7-3-1-6(2-4-7)8-5-9(19)16-11-10(8)12(20)18-13(15)17-11/h1-4,8H,5H2,(H4,15,16,17,18,19,20)/t8-/m0/s1. The van der Waals surface area contributed by atoms with Crippen molar-refractivity contribution in [2.45, 2.75) is 12.3 Å². The predicted molar refractivity (Wildman–Crippen MR) is 78.5 cm³/mol. The molecule has 0 saturated heterocycles. The van der Waals surface area contributed by atoms with E-state index >= 15 is 0 Å². The van der Waals surface area contributed by atoms with Crippen LogP contribution in [-0.4, -0.2) is 15.9 Å². The smallest absolute Gasteiger partial charge is 0.258 e. The molecule has 0 spiro atoms. The number of halogens is 1. The van der Waals surface area contributed by atoms with Crippen molar-refractivity contribution in [3.05, 3.63) is 50.2 Å². The molecule has 102 valence electrons. The van der Waals surface area contributed by atoms with Gasteiger partial charge in [-0.2, -0.15) is 4.98 Å². The fraction of sp³-hybridized carbons (Fsp3) is 0.154. The van der Waals surface area contributed by atoms with Gasteiger partial charge in [0.15, 0.2) is 0 Å². The van der Waals surface area contributed by atoms with Gasteiger partial charge >= 0.3 is 0 Å². The van der Waals surface area contributed by atoms with Crippen LogP contribution in [-0.2, 0) is 4.79 Å². The second kappa shape index (κ2) is 4.75. The first-order chi connectivity index (χ1) is 9.54. The molecular weight excluding hydrogens is 324 g/mol. The van der Waals surface area contributed by atoms with Crippen LogP contribution in [0.4, 0.5) is 11.8 Å². The van der Waals surface area contributed by atoms with Crippen LogP contribution in [0.1, 0.15) is 23.5 Å². The first-order valence-corrected chi connectivity index (χ1v) is 6.79. The van der Waals surface area contributed by atoms with E-state index in [-0.39, 0.29) is 35.6 Å². The number of hydrogen-bond acceptors (Lipinski definition) is 4. The number of carbonyl (C=O) groups excluding carboxylic acids is 1. The lowest BCUT2D eigenvalue weighted by Crippen LogP contribution is -2.31. The minimum Gasteiger partial charge on any atom is -0.369 e. The SMILES string of the molecule is Nc1nc2c(c(=O)[nH]1)[C@H](c1ccc(Br)cc1)CC(=O)N2. The molecule has 7 heteroatoms. The Morgan fingerprint density at radius 2 is 1.95 bits per heavy atom. The highest BCUT2D eigenvalue weighted by Crippen LogP contribution is 2.34. The summed E-state index contributed by atoms with van der Waals surface area (Å²) in [6.07, 6.45) is 0.212. The Kier molecular flexibility index (Phi) is 3.06. The molecule has 0 radical (unpaired) electrons. The highest BCUT2D eigenvalue weighted by molar-refractivity contribution is 9.10. The molecule has 20 heavy (non-hydrogen) atoms. The van der Waals surface area contributed by atoms with Crippen LogP contribution in [0.15, 0.2) is 33.5 Å². The maximum absolute atomic E-state index is 12.1. The number of nitrogen functional groups attached to an aromatic ring is 1. The number of aromatic amines is 1. The lowest BCUT2D eigenvalue weighted by molar-refractivity contribution is -0.116. The highest BCUT2D eigenvalue weighted by atomic mass is 79.9. The van der Waals surface area contributed by atoms with Crippen molar-refractivity contribution in [2.75, 3.05) is 11.1 Å².